The van der Waals surface area contributed by atoms with Gasteiger partial charge in [0.25, 0.3) is 0 Å². The Hall–Kier alpha value is -1.29. The fourth-order valence-electron chi connectivity index (χ4n) is 15.3. The smallest absolute Gasteiger partial charge is 0.187 e. The topological polar surface area (TPSA) is 404 Å². The molecule has 4 unspecified atom stereocenters. The molecule has 438 valence electrons. The quantitative estimate of drug-likeness (QED) is 0.0645. The third-order valence-corrected chi connectivity index (χ3v) is 20.0. The van der Waals surface area contributed by atoms with Gasteiger partial charge in [0.05, 0.1) is 45.2 Å². The number of hydrogen-bond donors (Lipinski definition) is 15. The average Bonchev–Trinajstić information content (AvgIpc) is 3.90. The Bertz CT molecular complexity index is 1950. The van der Waals surface area contributed by atoms with Crippen LogP contribution in [0, 0.1) is 52.3 Å². The van der Waals surface area contributed by atoms with Gasteiger partial charge in [-0.15, -0.1) is 0 Å². The Morgan fingerprint density at radius 1 is 0.605 bits per heavy atom. The molecule has 4 aliphatic carbocycles. The van der Waals surface area contributed by atoms with Crippen LogP contribution in [-0.2, 0) is 47.4 Å². The van der Waals surface area contributed by atoms with Crippen molar-refractivity contribution in [3.8, 4) is 0 Å². The first-order valence-corrected chi connectivity index (χ1v) is 27.3. The lowest BCUT2D eigenvalue weighted by Gasteiger charge is -2.60. The molecule has 76 heavy (non-hydrogen) atoms. The van der Waals surface area contributed by atoms with E-state index in [1.54, 1.807) is 0 Å². The molecule has 5 heterocycles. The standard InChI is InChI=1S/C51H84O25/c1-19(18-68-45-40(64)37(61)33(57)27(14-52)70-45)7-10-51(67)20(2)32-26(76-51)12-25-23-6-5-21-11-22(8-9-49(21,3)24(23)13-31(56)50(25,32)4)69-48-44(75-47-42(66)39(63)35(59)29(16-54)72-47)43(36(60)30(17-55)73-48)74-46-41(65)38(62)34(58)28(15-53)71-46/h19-30,32-48,52-55,57-67H,5-18H2,1-4H3/t19?,20-,21?,22-,23+,24-,25-,26?,27+,28+,29+,30+,32-,33+,34+,35+,36-,37-,38-,39-,40+,41+,42+,43-,44+,45+,46-,47-,48+,49-,50+,51?/m0/s1. The molecule has 5 aliphatic heterocycles. The second-order valence-electron chi connectivity index (χ2n) is 24.1. The maximum atomic E-state index is 14.9. The third kappa shape index (κ3) is 10.4. The molecule has 32 atom stereocenters. The fraction of sp³-hybridized carbons (Fsp3) is 0.980. The average molecular weight is 1100 g/mol. The van der Waals surface area contributed by atoms with E-state index in [-0.39, 0.29) is 71.8 Å². The number of aliphatic hydroxyl groups is 15. The maximum Gasteiger partial charge on any atom is 0.187 e. The van der Waals surface area contributed by atoms with Crippen molar-refractivity contribution < 1.29 is 124 Å². The lowest BCUT2D eigenvalue weighted by molar-refractivity contribution is -0.396. The second-order valence-corrected chi connectivity index (χ2v) is 24.1. The van der Waals surface area contributed by atoms with Crippen molar-refractivity contribution in [1.82, 2.24) is 0 Å². The number of aliphatic hydroxyl groups excluding tert-OH is 14. The number of ketones is 1. The summed E-state index contributed by atoms with van der Waals surface area (Å²) < 4.78 is 54.3. The Balaban J connectivity index is 0.866. The van der Waals surface area contributed by atoms with Crippen LogP contribution < -0.4 is 0 Å². The molecular formula is C51H84O25. The van der Waals surface area contributed by atoms with Crippen molar-refractivity contribution >= 4 is 5.78 Å². The van der Waals surface area contributed by atoms with Crippen LogP contribution in [0.25, 0.3) is 0 Å². The monoisotopic (exact) mass is 1100 g/mol. The van der Waals surface area contributed by atoms with E-state index in [0.29, 0.717) is 38.5 Å². The molecule has 4 saturated carbocycles. The van der Waals surface area contributed by atoms with Crippen LogP contribution in [0.4, 0.5) is 0 Å². The number of carbonyl (C=O) groups is 1. The fourth-order valence-corrected chi connectivity index (χ4v) is 15.3. The highest BCUT2D eigenvalue weighted by molar-refractivity contribution is 5.87. The van der Waals surface area contributed by atoms with Crippen molar-refractivity contribution in [1.29, 1.82) is 0 Å². The van der Waals surface area contributed by atoms with Crippen molar-refractivity contribution in [3.05, 3.63) is 0 Å². The summed E-state index contributed by atoms with van der Waals surface area (Å²) in [7, 11) is 0. The normalized spacial score (nSPS) is 54.9. The third-order valence-electron chi connectivity index (χ3n) is 20.0. The Labute approximate surface area is 440 Å². The predicted molar refractivity (Wildman–Crippen MR) is 252 cm³/mol. The lowest BCUT2D eigenvalue weighted by atomic mass is 9.44. The Morgan fingerprint density at radius 2 is 1.12 bits per heavy atom. The zero-order valence-electron chi connectivity index (χ0n) is 43.4. The van der Waals surface area contributed by atoms with Gasteiger partial charge in [-0.05, 0) is 80.0 Å². The number of fused-ring (bicyclic) bond motifs is 7. The van der Waals surface area contributed by atoms with Gasteiger partial charge < -0.3 is 119 Å². The molecule has 25 nitrogen and oxygen atoms in total. The Morgan fingerprint density at radius 3 is 1.68 bits per heavy atom. The highest BCUT2D eigenvalue weighted by Gasteiger charge is 2.71. The van der Waals surface area contributed by atoms with Crippen LogP contribution in [0.15, 0.2) is 0 Å². The summed E-state index contributed by atoms with van der Waals surface area (Å²) in [6, 6.07) is 0. The molecule has 25 heteroatoms. The van der Waals surface area contributed by atoms with Gasteiger partial charge in [0.1, 0.15) is 103 Å². The molecule has 15 N–H and O–H groups in total. The molecule has 5 saturated heterocycles. The second kappa shape index (κ2) is 23.2. The van der Waals surface area contributed by atoms with E-state index in [0.717, 1.165) is 12.8 Å². The number of Topliss-reactive ketones (excluding diaryl/α,β-unsaturated/α-hetero) is 1. The van der Waals surface area contributed by atoms with Gasteiger partial charge in [0.2, 0.25) is 0 Å². The first-order chi connectivity index (χ1) is 35.9. The van der Waals surface area contributed by atoms with E-state index in [4.69, 9.17) is 42.6 Å². The number of carbonyl (C=O) groups excluding carboxylic acids is 1. The van der Waals surface area contributed by atoms with E-state index in [9.17, 15) is 81.4 Å². The van der Waals surface area contributed by atoms with Crippen LogP contribution in [-0.4, -0.2) is 256 Å². The Kier molecular flexibility index (Phi) is 18.1. The van der Waals surface area contributed by atoms with E-state index < -0.39 is 167 Å². The lowest BCUT2D eigenvalue weighted by Crippen LogP contribution is -2.67. The van der Waals surface area contributed by atoms with Gasteiger partial charge in [-0.3, -0.25) is 4.79 Å². The summed E-state index contributed by atoms with van der Waals surface area (Å²) in [6.45, 7) is 5.28. The zero-order valence-corrected chi connectivity index (χ0v) is 43.4. The van der Waals surface area contributed by atoms with Crippen molar-refractivity contribution in [3.63, 3.8) is 0 Å². The summed E-state index contributed by atoms with van der Waals surface area (Å²) in [6.07, 6.45) is -28.6. The molecule has 9 aliphatic rings. The summed E-state index contributed by atoms with van der Waals surface area (Å²) >= 11 is 0. The highest BCUT2D eigenvalue weighted by atomic mass is 16.8. The molecular weight excluding hydrogens is 1010 g/mol. The molecule has 0 aromatic heterocycles. The van der Waals surface area contributed by atoms with Crippen LogP contribution in [0.5, 0.6) is 0 Å². The van der Waals surface area contributed by atoms with E-state index in [1.807, 2.05) is 13.8 Å². The van der Waals surface area contributed by atoms with Crippen LogP contribution in [0.2, 0.25) is 0 Å². The zero-order chi connectivity index (χ0) is 55.1. The van der Waals surface area contributed by atoms with Crippen LogP contribution in [0.3, 0.4) is 0 Å². The molecule has 0 radical (unpaired) electrons. The predicted octanol–water partition coefficient (Wildman–Crippen LogP) is -4.78. The summed E-state index contributed by atoms with van der Waals surface area (Å²) in [4.78, 5) is 14.9. The van der Waals surface area contributed by atoms with Gasteiger partial charge >= 0.3 is 0 Å². The van der Waals surface area contributed by atoms with Crippen molar-refractivity contribution in [2.75, 3.05) is 33.0 Å². The van der Waals surface area contributed by atoms with Gasteiger partial charge in [0, 0.05) is 30.1 Å². The maximum absolute atomic E-state index is 14.9. The van der Waals surface area contributed by atoms with Gasteiger partial charge in [-0.25, -0.2) is 0 Å². The number of rotatable bonds is 16. The summed E-state index contributed by atoms with van der Waals surface area (Å²) in [5.41, 5.74) is -1.04. The largest absolute Gasteiger partial charge is 0.394 e. The minimum absolute atomic E-state index is 0.0109. The molecule has 0 aromatic rings. The SMILES string of the molecule is CC(CCC1(O)OC2C[C@H]3[C@@H]4CCC5C[C@@H](O[C@@H]6O[C@H](CO)[C@H](O)[C@H](O[C@@H]7O[C@H](CO)[C@@H](O)[C@H](O)[C@H]7O)[C@H]6O[C@@H]6O[C@H](CO)[C@@H](O)[C@H](O)[C@H]6O)CC[C@]5(C)[C@H]4CC(=O)[C@]3(C)[C@H]2[C@@H]1C)CO[C@@H]1O[C@H](CO)[C@@H](O)[C@H](O)[C@H]1O. The van der Waals surface area contributed by atoms with Gasteiger partial charge in [-0.1, -0.05) is 27.7 Å². The van der Waals surface area contributed by atoms with E-state index in [2.05, 4.69) is 13.8 Å². The summed E-state index contributed by atoms with van der Waals surface area (Å²) in [5.74, 6) is -1.83. The van der Waals surface area contributed by atoms with Gasteiger partial charge in [0.15, 0.2) is 30.9 Å². The molecule has 9 rings (SSSR count). The minimum atomic E-state index is -1.93. The summed E-state index contributed by atoms with van der Waals surface area (Å²) in [5, 5.41) is 159. The molecule has 9 fully saturated rings. The first kappa shape index (κ1) is 59.3. The van der Waals surface area contributed by atoms with E-state index in [1.165, 1.54) is 0 Å². The van der Waals surface area contributed by atoms with Gasteiger partial charge in [-0.2, -0.15) is 0 Å². The van der Waals surface area contributed by atoms with Crippen molar-refractivity contribution in [2.45, 2.75) is 226 Å². The molecule has 0 spiro atoms. The number of ether oxygens (including phenoxy) is 9. The molecule has 0 bridgehead atoms. The van der Waals surface area contributed by atoms with Crippen molar-refractivity contribution in [2.24, 2.45) is 52.3 Å². The molecule has 0 amide bonds. The number of hydrogen-bond acceptors (Lipinski definition) is 25. The molecule has 0 aromatic carbocycles. The van der Waals surface area contributed by atoms with Crippen LogP contribution in [0.1, 0.15) is 85.5 Å². The minimum Gasteiger partial charge on any atom is -0.394 e. The van der Waals surface area contributed by atoms with Crippen LogP contribution >= 0.6 is 0 Å². The first-order valence-electron chi connectivity index (χ1n) is 27.3. The van der Waals surface area contributed by atoms with E-state index >= 15 is 0 Å². The highest BCUT2D eigenvalue weighted by Crippen LogP contribution is 2.70.